The number of ether oxygens (including phenoxy) is 4. The molecular formula is C19H19NO5. The zero-order valence-electron chi connectivity index (χ0n) is 13.7. The molecule has 0 saturated carbocycles. The van der Waals surface area contributed by atoms with Crippen LogP contribution in [0.5, 0.6) is 23.0 Å². The van der Waals surface area contributed by atoms with Gasteiger partial charge in [-0.1, -0.05) is 18.2 Å². The maximum atomic E-state index is 12.2. The molecule has 6 nitrogen and oxygen atoms in total. The first-order chi connectivity index (χ1) is 12.3. The number of benzene rings is 2. The largest absolute Gasteiger partial charge is 0.486 e. The van der Waals surface area contributed by atoms with Gasteiger partial charge in [0.05, 0.1) is 13.0 Å². The second-order valence-corrected chi connectivity index (χ2v) is 5.96. The van der Waals surface area contributed by atoms with E-state index in [2.05, 4.69) is 5.32 Å². The predicted molar refractivity (Wildman–Crippen MR) is 90.5 cm³/mol. The second kappa shape index (κ2) is 6.93. The van der Waals surface area contributed by atoms with Gasteiger partial charge in [-0.3, -0.25) is 4.79 Å². The van der Waals surface area contributed by atoms with Crippen molar-refractivity contribution in [1.82, 2.24) is 5.32 Å². The van der Waals surface area contributed by atoms with E-state index >= 15 is 0 Å². The molecule has 4 rings (SSSR count). The summed E-state index contributed by atoms with van der Waals surface area (Å²) in [5.74, 6) is 2.79. The lowest BCUT2D eigenvalue weighted by molar-refractivity contribution is -0.120. The smallest absolute Gasteiger partial charge is 0.224 e. The fraction of sp³-hybridized carbons (Fsp3) is 0.316. The van der Waals surface area contributed by atoms with Crippen LogP contribution in [0.15, 0.2) is 42.5 Å². The molecule has 130 valence electrons. The molecule has 0 radical (unpaired) electrons. The number of carbonyl (C=O) groups is 1. The SMILES string of the molecule is O=C(Cc1ccc2c(c1)OCCO2)NCC1COc2ccccc2O1. The summed E-state index contributed by atoms with van der Waals surface area (Å²) in [6, 6.07) is 13.1. The molecule has 2 aliphatic rings. The average molecular weight is 341 g/mol. The third-order valence-corrected chi connectivity index (χ3v) is 4.07. The molecule has 6 heteroatoms. The maximum absolute atomic E-state index is 12.2. The van der Waals surface area contributed by atoms with Crippen LogP contribution in [0.25, 0.3) is 0 Å². The van der Waals surface area contributed by atoms with Crippen LogP contribution in [-0.2, 0) is 11.2 Å². The summed E-state index contributed by atoms with van der Waals surface area (Å²) >= 11 is 0. The molecule has 2 aromatic rings. The molecular weight excluding hydrogens is 322 g/mol. The Balaban J connectivity index is 1.30. The van der Waals surface area contributed by atoms with Crippen LogP contribution in [-0.4, -0.2) is 38.4 Å². The molecule has 0 fully saturated rings. The van der Waals surface area contributed by atoms with Crippen LogP contribution in [0.2, 0.25) is 0 Å². The van der Waals surface area contributed by atoms with E-state index in [9.17, 15) is 4.79 Å². The summed E-state index contributed by atoms with van der Waals surface area (Å²) in [6.07, 6.45) is 0.0833. The Morgan fingerprint density at radius 2 is 1.72 bits per heavy atom. The number of fused-ring (bicyclic) bond motifs is 2. The molecule has 1 amide bonds. The molecule has 0 saturated heterocycles. The van der Waals surface area contributed by atoms with Gasteiger partial charge >= 0.3 is 0 Å². The first kappa shape index (κ1) is 15.6. The van der Waals surface area contributed by atoms with Gasteiger partial charge in [0.2, 0.25) is 5.91 Å². The number of amides is 1. The van der Waals surface area contributed by atoms with Gasteiger partial charge in [-0.15, -0.1) is 0 Å². The van der Waals surface area contributed by atoms with Crippen molar-refractivity contribution < 1.29 is 23.7 Å². The number of hydrogen-bond acceptors (Lipinski definition) is 5. The van der Waals surface area contributed by atoms with Crippen molar-refractivity contribution in [3.8, 4) is 23.0 Å². The lowest BCUT2D eigenvalue weighted by atomic mass is 10.1. The molecule has 2 aromatic carbocycles. The fourth-order valence-corrected chi connectivity index (χ4v) is 2.84. The van der Waals surface area contributed by atoms with Crippen molar-refractivity contribution in [2.45, 2.75) is 12.5 Å². The zero-order chi connectivity index (χ0) is 17.1. The van der Waals surface area contributed by atoms with Crippen LogP contribution in [0.1, 0.15) is 5.56 Å². The van der Waals surface area contributed by atoms with Crippen LogP contribution < -0.4 is 24.3 Å². The Morgan fingerprint density at radius 1 is 0.960 bits per heavy atom. The van der Waals surface area contributed by atoms with E-state index < -0.39 is 0 Å². The van der Waals surface area contributed by atoms with Crippen LogP contribution in [0.4, 0.5) is 0 Å². The first-order valence-electron chi connectivity index (χ1n) is 8.31. The summed E-state index contributed by atoms with van der Waals surface area (Å²) in [5.41, 5.74) is 0.882. The molecule has 2 heterocycles. The summed E-state index contributed by atoms with van der Waals surface area (Å²) in [6.45, 7) is 1.90. The van der Waals surface area contributed by atoms with E-state index in [-0.39, 0.29) is 18.4 Å². The van der Waals surface area contributed by atoms with Crippen molar-refractivity contribution >= 4 is 5.91 Å². The van der Waals surface area contributed by atoms with E-state index in [1.54, 1.807) is 0 Å². The highest BCUT2D eigenvalue weighted by atomic mass is 16.6. The van der Waals surface area contributed by atoms with Gasteiger partial charge in [0.15, 0.2) is 23.0 Å². The lowest BCUT2D eigenvalue weighted by Gasteiger charge is -2.26. The van der Waals surface area contributed by atoms with Gasteiger partial charge in [0, 0.05) is 0 Å². The fourth-order valence-electron chi connectivity index (χ4n) is 2.84. The van der Waals surface area contributed by atoms with Crippen LogP contribution in [0, 0.1) is 0 Å². The summed E-state index contributed by atoms with van der Waals surface area (Å²) in [7, 11) is 0. The van der Waals surface area contributed by atoms with E-state index in [0.29, 0.717) is 37.9 Å². The van der Waals surface area contributed by atoms with Crippen molar-refractivity contribution in [3.05, 3.63) is 48.0 Å². The quantitative estimate of drug-likeness (QED) is 0.921. The molecule has 1 atom stereocenters. The van der Waals surface area contributed by atoms with E-state index in [1.165, 1.54) is 0 Å². The number of hydrogen-bond donors (Lipinski definition) is 1. The normalized spacial score (nSPS) is 17.7. The third kappa shape index (κ3) is 3.63. The van der Waals surface area contributed by atoms with Gasteiger partial charge in [-0.05, 0) is 29.8 Å². The van der Waals surface area contributed by atoms with Crippen molar-refractivity contribution in [1.29, 1.82) is 0 Å². The number of carbonyl (C=O) groups excluding carboxylic acids is 1. The van der Waals surface area contributed by atoms with Crippen molar-refractivity contribution in [2.24, 2.45) is 0 Å². The highest BCUT2D eigenvalue weighted by molar-refractivity contribution is 5.78. The Bertz CT molecular complexity index is 776. The second-order valence-electron chi connectivity index (χ2n) is 5.96. The Morgan fingerprint density at radius 3 is 2.60 bits per heavy atom. The molecule has 1 unspecified atom stereocenters. The zero-order valence-corrected chi connectivity index (χ0v) is 13.7. The molecule has 0 aliphatic carbocycles. The number of rotatable bonds is 4. The Kier molecular flexibility index (Phi) is 4.33. The summed E-state index contributed by atoms with van der Waals surface area (Å²) in [4.78, 5) is 12.2. The number of nitrogens with one attached hydrogen (secondary N) is 1. The highest BCUT2D eigenvalue weighted by Gasteiger charge is 2.21. The third-order valence-electron chi connectivity index (χ3n) is 4.07. The van der Waals surface area contributed by atoms with Crippen molar-refractivity contribution in [2.75, 3.05) is 26.4 Å². The minimum Gasteiger partial charge on any atom is -0.486 e. The summed E-state index contributed by atoms with van der Waals surface area (Å²) in [5, 5.41) is 2.90. The molecule has 25 heavy (non-hydrogen) atoms. The molecule has 0 spiro atoms. The van der Waals surface area contributed by atoms with Crippen LogP contribution >= 0.6 is 0 Å². The first-order valence-corrected chi connectivity index (χ1v) is 8.31. The average Bonchev–Trinajstić information content (AvgIpc) is 2.66. The Labute approximate surface area is 145 Å². The van der Waals surface area contributed by atoms with Gasteiger partial charge in [0.1, 0.15) is 25.9 Å². The molecule has 0 aromatic heterocycles. The van der Waals surface area contributed by atoms with E-state index in [0.717, 1.165) is 17.1 Å². The monoisotopic (exact) mass is 341 g/mol. The minimum atomic E-state index is -0.195. The van der Waals surface area contributed by atoms with Gasteiger partial charge in [-0.25, -0.2) is 0 Å². The van der Waals surface area contributed by atoms with Gasteiger partial charge < -0.3 is 24.3 Å². The van der Waals surface area contributed by atoms with E-state index in [1.807, 2.05) is 42.5 Å². The van der Waals surface area contributed by atoms with Crippen molar-refractivity contribution in [3.63, 3.8) is 0 Å². The topological polar surface area (TPSA) is 66.0 Å². The summed E-state index contributed by atoms with van der Waals surface area (Å²) < 4.78 is 22.5. The molecule has 0 bridgehead atoms. The standard InChI is InChI=1S/C19H19NO5/c21-19(10-13-5-6-16-18(9-13)23-8-7-22-16)20-11-14-12-24-15-3-1-2-4-17(15)25-14/h1-6,9,14H,7-8,10-12H2,(H,20,21). The van der Waals surface area contributed by atoms with Gasteiger partial charge in [-0.2, -0.15) is 0 Å². The maximum Gasteiger partial charge on any atom is 0.224 e. The lowest BCUT2D eigenvalue weighted by Crippen LogP contribution is -2.41. The highest BCUT2D eigenvalue weighted by Crippen LogP contribution is 2.31. The minimum absolute atomic E-state index is 0.0702. The number of para-hydroxylation sites is 2. The van der Waals surface area contributed by atoms with Gasteiger partial charge in [0.25, 0.3) is 0 Å². The molecule has 2 aliphatic heterocycles. The van der Waals surface area contributed by atoms with Crippen LogP contribution in [0.3, 0.4) is 0 Å². The van der Waals surface area contributed by atoms with E-state index in [4.69, 9.17) is 18.9 Å². The predicted octanol–water partition coefficient (Wildman–Crippen LogP) is 1.96. The Hall–Kier alpha value is -2.89. The molecule has 1 N–H and O–H groups in total.